The second-order valence-corrected chi connectivity index (χ2v) is 7.79. The van der Waals surface area contributed by atoms with Gasteiger partial charge in [0.1, 0.15) is 23.6 Å². The topological polar surface area (TPSA) is 111 Å². The molecule has 1 N–H and O–H groups in total. The van der Waals surface area contributed by atoms with Gasteiger partial charge in [0.05, 0.1) is 19.4 Å². The summed E-state index contributed by atoms with van der Waals surface area (Å²) < 4.78 is 13.8. The lowest BCUT2D eigenvalue weighted by atomic mass is 9.85. The van der Waals surface area contributed by atoms with Gasteiger partial charge in [-0.2, -0.15) is 10.2 Å². The third-order valence-corrected chi connectivity index (χ3v) is 5.77. The lowest BCUT2D eigenvalue weighted by molar-refractivity contribution is -0.0814. The van der Waals surface area contributed by atoms with Crippen molar-refractivity contribution in [2.75, 3.05) is 18.5 Å². The lowest BCUT2D eigenvalue weighted by Crippen LogP contribution is -2.39. The number of nitrogens with one attached hydrogen (secondary N) is 1. The van der Waals surface area contributed by atoms with Gasteiger partial charge in [-0.1, -0.05) is 6.42 Å². The number of anilines is 1. The van der Waals surface area contributed by atoms with E-state index in [9.17, 15) is 5.26 Å². The molecule has 2 fully saturated rings. The van der Waals surface area contributed by atoms with Gasteiger partial charge in [0.2, 0.25) is 11.8 Å². The van der Waals surface area contributed by atoms with Crippen molar-refractivity contribution in [1.82, 2.24) is 24.7 Å². The largest absolute Gasteiger partial charge is 0.468 e. The van der Waals surface area contributed by atoms with Gasteiger partial charge in [0.15, 0.2) is 4.73 Å². The van der Waals surface area contributed by atoms with Crippen LogP contribution in [0.4, 0.5) is 5.95 Å². The molecule has 1 saturated heterocycles. The first kappa shape index (κ1) is 19.1. The second-order valence-electron chi connectivity index (χ2n) is 7.08. The van der Waals surface area contributed by atoms with Crippen LogP contribution in [0.5, 0.6) is 5.88 Å². The average Bonchev–Trinajstić information content (AvgIpc) is 3.05. The van der Waals surface area contributed by atoms with Crippen LogP contribution < -0.4 is 10.1 Å². The molecule has 4 rings (SSSR count). The molecular weight excluding hydrogens is 426 g/mol. The van der Waals surface area contributed by atoms with E-state index in [4.69, 9.17) is 9.47 Å². The van der Waals surface area contributed by atoms with E-state index < -0.39 is 0 Å². The van der Waals surface area contributed by atoms with Gasteiger partial charge < -0.3 is 19.4 Å². The Hall–Kier alpha value is -2.25. The molecule has 2 aromatic rings. The van der Waals surface area contributed by atoms with E-state index in [0.29, 0.717) is 36.5 Å². The Morgan fingerprint density at radius 1 is 1.39 bits per heavy atom. The Balaban J connectivity index is 1.46. The fraction of sp³-hybridized carbons (Fsp3) is 0.611. The molecule has 1 saturated carbocycles. The number of nitriles is 1. The van der Waals surface area contributed by atoms with Crippen LogP contribution in [0.15, 0.2) is 10.9 Å². The summed E-state index contributed by atoms with van der Waals surface area (Å²) in [6, 6.07) is 2.31. The van der Waals surface area contributed by atoms with Crippen LogP contribution in [0.25, 0.3) is 0 Å². The van der Waals surface area contributed by atoms with Gasteiger partial charge in [0.25, 0.3) is 0 Å². The molecule has 0 spiro atoms. The van der Waals surface area contributed by atoms with E-state index in [1.54, 1.807) is 0 Å². The highest BCUT2D eigenvalue weighted by atomic mass is 79.9. The third kappa shape index (κ3) is 3.95. The van der Waals surface area contributed by atoms with Crippen molar-refractivity contribution in [2.24, 2.45) is 0 Å². The van der Waals surface area contributed by atoms with Crippen LogP contribution in [-0.4, -0.2) is 50.1 Å². The van der Waals surface area contributed by atoms with Crippen molar-refractivity contribution in [2.45, 2.75) is 57.2 Å². The summed E-state index contributed by atoms with van der Waals surface area (Å²) in [6.07, 6.45) is 5.61. The molecule has 2 aromatic heterocycles. The van der Waals surface area contributed by atoms with Crippen molar-refractivity contribution in [3.8, 4) is 11.9 Å². The van der Waals surface area contributed by atoms with Gasteiger partial charge in [-0.05, 0) is 42.1 Å². The molecule has 28 heavy (non-hydrogen) atoms. The Bertz CT molecular complexity index is 877. The first-order valence-electron chi connectivity index (χ1n) is 9.54. The Kier molecular flexibility index (Phi) is 5.73. The predicted octanol–water partition coefficient (Wildman–Crippen LogP) is 2.64. The van der Waals surface area contributed by atoms with Crippen LogP contribution in [-0.2, 0) is 11.3 Å². The fourth-order valence-electron chi connectivity index (χ4n) is 3.67. The van der Waals surface area contributed by atoms with Crippen LogP contribution in [0.1, 0.15) is 49.9 Å². The van der Waals surface area contributed by atoms with Crippen molar-refractivity contribution in [3.05, 3.63) is 22.3 Å². The Morgan fingerprint density at radius 2 is 2.25 bits per heavy atom. The minimum Gasteiger partial charge on any atom is -0.468 e. The first-order chi connectivity index (χ1) is 13.7. The number of nitrogens with zero attached hydrogens (tertiary/aromatic N) is 6. The average molecular weight is 448 g/mol. The number of aromatic nitrogens is 5. The van der Waals surface area contributed by atoms with Gasteiger partial charge in [-0.15, -0.1) is 10.2 Å². The molecule has 2 aliphatic rings. The minimum absolute atomic E-state index is 0.0484. The Labute approximate surface area is 171 Å². The van der Waals surface area contributed by atoms with Gasteiger partial charge in [-0.3, -0.25) is 0 Å². The zero-order chi connectivity index (χ0) is 19.5. The van der Waals surface area contributed by atoms with Crippen LogP contribution in [0.3, 0.4) is 0 Å². The molecule has 10 heteroatoms. The van der Waals surface area contributed by atoms with Crippen LogP contribution in [0.2, 0.25) is 0 Å². The maximum atomic E-state index is 9.27. The molecular formula is C18H22BrN7O2. The van der Waals surface area contributed by atoms with E-state index in [0.717, 1.165) is 42.8 Å². The summed E-state index contributed by atoms with van der Waals surface area (Å²) in [5, 5.41) is 21.2. The molecule has 9 nitrogen and oxygen atoms in total. The van der Waals surface area contributed by atoms with E-state index >= 15 is 0 Å². The molecule has 0 radical (unpaired) electrons. The zero-order valence-corrected chi connectivity index (χ0v) is 17.2. The van der Waals surface area contributed by atoms with E-state index in [1.165, 1.54) is 6.20 Å². The lowest BCUT2D eigenvalue weighted by Gasteiger charge is -2.30. The highest BCUT2D eigenvalue weighted by Gasteiger charge is 2.28. The highest BCUT2D eigenvalue weighted by Crippen LogP contribution is 2.34. The van der Waals surface area contributed by atoms with E-state index in [1.807, 2.05) is 0 Å². The fourth-order valence-corrected chi connectivity index (χ4v) is 4.18. The van der Waals surface area contributed by atoms with Gasteiger partial charge in [-0.25, -0.2) is 4.98 Å². The summed E-state index contributed by atoms with van der Waals surface area (Å²) in [5.41, 5.74) is 0.333. The smallest absolute Gasteiger partial charge is 0.237 e. The summed E-state index contributed by atoms with van der Waals surface area (Å²) in [6.45, 7) is 3.97. The molecule has 0 aromatic carbocycles. The maximum Gasteiger partial charge on any atom is 0.237 e. The Morgan fingerprint density at radius 3 is 2.96 bits per heavy atom. The molecule has 1 aliphatic heterocycles. The molecule has 3 heterocycles. The maximum absolute atomic E-state index is 9.27. The quantitative estimate of drug-likeness (QED) is 0.718. The zero-order valence-electron chi connectivity index (χ0n) is 15.6. The third-order valence-electron chi connectivity index (χ3n) is 5.18. The molecule has 2 atom stereocenters. The van der Waals surface area contributed by atoms with Crippen molar-refractivity contribution >= 4 is 21.9 Å². The second kappa shape index (κ2) is 8.41. The highest BCUT2D eigenvalue weighted by molar-refractivity contribution is 9.10. The summed E-state index contributed by atoms with van der Waals surface area (Å²) in [5.74, 6) is 2.16. The molecule has 0 amide bonds. The van der Waals surface area contributed by atoms with Crippen molar-refractivity contribution in [1.29, 1.82) is 5.26 Å². The summed E-state index contributed by atoms with van der Waals surface area (Å²) in [7, 11) is 0. The number of hydrogen-bond acceptors (Lipinski definition) is 8. The van der Waals surface area contributed by atoms with Crippen molar-refractivity contribution in [3.63, 3.8) is 0 Å². The predicted molar refractivity (Wildman–Crippen MR) is 104 cm³/mol. The molecule has 0 unspecified atom stereocenters. The number of rotatable bonds is 6. The van der Waals surface area contributed by atoms with Gasteiger partial charge >= 0.3 is 0 Å². The van der Waals surface area contributed by atoms with Crippen molar-refractivity contribution < 1.29 is 9.47 Å². The minimum atomic E-state index is -0.0484. The van der Waals surface area contributed by atoms with Gasteiger partial charge in [0, 0.05) is 18.5 Å². The van der Waals surface area contributed by atoms with Crippen LogP contribution >= 0.6 is 15.9 Å². The van der Waals surface area contributed by atoms with E-state index in [2.05, 4.69) is 59.0 Å². The number of halogens is 1. The van der Waals surface area contributed by atoms with Crippen LogP contribution in [0, 0.1) is 11.3 Å². The summed E-state index contributed by atoms with van der Waals surface area (Å²) >= 11 is 3.47. The molecule has 1 aliphatic carbocycles. The van der Waals surface area contributed by atoms with E-state index in [-0.39, 0.29) is 12.1 Å². The summed E-state index contributed by atoms with van der Waals surface area (Å²) in [4.78, 5) is 8.73. The SMILES string of the molecule is CCn1c(Br)nnc1[C@H]1CCC[C@@H](Nc2ncc(C#N)c(OC3COC3)n2)C1. The number of hydrogen-bond donors (Lipinski definition) is 1. The first-order valence-corrected chi connectivity index (χ1v) is 10.3. The number of ether oxygens (including phenoxy) is 2. The molecule has 0 bridgehead atoms. The normalized spacial score (nSPS) is 22.3. The standard InChI is InChI=1S/C18H22BrN7O2/c1-2-26-15(24-25-17(26)19)11-4-3-5-13(6-11)22-18-21-8-12(7-20)16(23-18)28-14-9-27-10-14/h8,11,13-14H,2-6,9-10H2,1H3,(H,21,22,23)/t11-,13+/m0/s1. The monoisotopic (exact) mass is 447 g/mol. The molecule has 148 valence electrons.